The number of anilines is 1. The molecule has 1 atom stereocenters. The van der Waals surface area contributed by atoms with E-state index in [1.54, 1.807) is 6.07 Å². The van der Waals surface area contributed by atoms with Crippen molar-refractivity contribution in [2.75, 3.05) is 25.0 Å². The molecule has 0 bridgehead atoms. The van der Waals surface area contributed by atoms with Crippen LogP contribution in [0.5, 0.6) is 0 Å². The van der Waals surface area contributed by atoms with E-state index in [1.807, 2.05) is 19.1 Å². The van der Waals surface area contributed by atoms with Crippen LogP contribution in [0.4, 0.5) is 5.69 Å². The number of carbonyl (C=O) groups is 1. The van der Waals surface area contributed by atoms with Crippen LogP contribution in [0.3, 0.4) is 0 Å². The summed E-state index contributed by atoms with van der Waals surface area (Å²) in [5, 5.41) is 3.56. The van der Waals surface area contributed by atoms with E-state index in [9.17, 15) is 4.79 Å². The number of piperidine rings is 1. The maximum atomic E-state index is 12.1. The number of benzene rings is 1. The van der Waals surface area contributed by atoms with Crippen molar-refractivity contribution in [2.45, 2.75) is 33.2 Å². The van der Waals surface area contributed by atoms with Crippen LogP contribution in [0, 0.1) is 12.3 Å². The number of halogens is 1. The first kappa shape index (κ1) is 16.3. The van der Waals surface area contributed by atoms with Crippen LogP contribution < -0.4 is 11.1 Å². The zero-order valence-corrected chi connectivity index (χ0v) is 13.7. The predicted octanol–water partition coefficient (Wildman–Crippen LogP) is 2.65. The Labute approximate surface area is 131 Å². The summed E-state index contributed by atoms with van der Waals surface area (Å²) >= 11 is 6.07. The smallest absolute Gasteiger partial charge is 0.238 e. The largest absolute Gasteiger partial charge is 0.327 e. The van der Waals surface area contributed by atoms with Gasteiger partial charge < -0.3 is 11.1 Å². The van der Waals surface area contributed by atoms with E-state index >= 15 is 0 Å². The van der Waals surface area contributed by atoms with Crippen molar-refractivity contribution in [3.8, 4) is 0 Å². The molecule has 1 unspecified atom stereocenters. The van der Waals surface area contributed by atoms with Gasteiger partial charge in [0, 0.05) is 29.8 Å². The van der Waals surface area contributed by atoms with Gasteiger partial charge in [-0.25, -0.2) is 0 Å². The number of hydrogen-bond acceptors (Lipinski definition) is 3. The molecule has 0 aliphatic carbocycles. The van der Waals surface area contributed by atoms with E-state index in [0.717, 1.165) is 30.8 Å². The van der Waals surface area contributed by atoms with Crippen molar-refractivity contribution in [3.63, 3.8) is 0 Å². The highest BCUT2D eigenvalue weighted by atomic mass is 35.5. The number of likely N-dealkylation sites (tertiary alicyclic amines) is 1. The first-order valence-corrected chi connectivity index (χ1v) is 7.70. The van der Waals surface area contributed by atoms with E-state index in [4.69, 9.17) is 17.3 Å². The highest BCUT2D eigenvalue weighted by molar-refractivity contribution is 6.31. The Morgan fingerprint density at radius 2 is 2.24 bits per heavy atom. The Bertz CT molecular complexity index is 530. The summed E-state index contributed by atoms with van der Waals surface area (Å²) < 4.78 is 0. The molecule has 0 aromatic heterocycles. The highest BCUT2D eigenvalue weighted by Gasteiger charge is 2.33. The van der Waals surface area contributed by atoms with Crippen LogP contribution >= 0.6 is 11.6 Å². The molecular weight excluding hydrogens is 286 g/mol. The molecule has 1 aliphatic heterocycles. The lowest BCUT2D eigenvalue weighted by Crippen LogP contribution is -2.53. The molecule has 1 heterocycles. The highest BCUT2D eigenvalue weighted by Crippen LogP contribution is 2.27. The van der Waals surface area contributed by atoms with Gasteiger partial charge in [-0.1, -0.05) is 31.5 Å². The van der Waals surface area contributed by atoms with Crippen LogP contribution in [-0.2, 0) is 4.79 Å². The summed E-state index contributed by atoms with van der Waals surface area (Å²) in [5.74, 6) is -0.0128. The maximum Gasteiger partial charge on any atom is 0.238 e. The van der Waals surface area contributed by atoms with Crippen molar-refractivity contribution in [1.82, 2.24) is 4.90 Å². The van der Waals surface area contributed by atoms with Crippen LogP contribution in [0.15, 0.2) is 18.2 Å². The minimum absolute atomic E-state index is 0.0128. The fraction of sp³-hybridized carbons (Fsp3) is 0.562. The van der Waals surface area contributed by atoms with E-state index in [2.05, 4.69) is 24.1 Å². The van der Waals surface area contributed by atoms with Crippen molar-refractivity contribution in [2.24, 2.45) is 11.1 Å². The van der Waals surface area contributed by atoms with Gasteiger partial charge >= 0.3 is 0 Å². The summed E-state index contributed by atoms with van der Waals surface area (Å²) in [6, 6.07) is 5.76. The Morgan fingerprint density at radius 1 is 1.52 bits per heavy atom. The number of hydrogen-bond donors (Lipinski definition) is 2. The van der Waals surface area contributed by atoms with Gasteiger partial charge in [-0.05, 0) is 36.5 Å². The fourth-order valence-electron chi connectivity index (χ4n) is 2.69. The van der Waals surface area contributed by atoms with E-state index < -0.39 is 0 Å². The van der Waals surface area contributed by atoms with Gasteiger partial charge in [0.05, 0.1) is 6.54 Å². The first-order chi connectivity index (χ1) is 9.78. The third-order valence-electron chi connectivity index (χ3n) is 4.21. The van der Waals surface area contributed by atoms with Gasteiger partial charge in [0.2, 0.25) is 5.91 Å². The van der Waals surface area contributed by atoms with Crippen LogP contribution in [0.2, 0.25) is 5.02 Å². The minimum atomic E-state index is -0.0128. The topological polar surface area (TPSA) is 58.4 Å². The molecule has 116 valence electrons. The van der Waals surface area contributed by atoms with Gasteiger partial charge in [-0.15, -0.1) is 0 Å². The zero-order valence-electron chi connectivity index (χ0n) is 12.9. The quantitative estimate of drug-likeness (QED) is 0.902. The molecule has 3 N–H and O–H groups in total. The summed E-state index contributed by atoms with van der Waals surface area (Å²) in [7, 11) is 0. The number of amides is 1. The zero-order chi connectivity index (χ0) is 15.6. The molecule has 21 heavy (non-hydrogen) atoms. The molecule has 2 rings (SSSR count). The van der Waals surface area contributed by atoms with Crippen molar-refractivity contribution >= 4 is 23.2 Å². The lowest BCUT2D eigenvalue weighted by Gasteiger charge is -2.42. The Kier molecular flexibility index (Phi) is 4.91. The summed E-state index contributed by atoms with van der Waals surface area (Å²) in [4.78, 5) is 14.3. The minimum Gasteiger partial charge on any atom is -0.327 e. The average Bonchev–Trinajstić information content (AvgIpc) is 2.38. The summed E-state index contributed by atoms with van der Waals surface area (Å²) in [6.45, 7) is 8.35. The van der Waals surface area contributed by atoms with E-state index in [1.165, 1.54) is 0 Å². The number of rotatable bonds is 3. The Hall–Kier alpha value is -1.10. The lowest BCUT2D eigenvalue weighted by molar-refractivity contribution is -0.118. The third-order valence-corrected chi connectivity index (χ3v) is 4.62. The number of nitrogens with two attached hydrogens (primary N) is 1. The second kappa shape index (κ2) is 6.34. The maximum absolute atomic E-state index is 12.1. The molecular formula is C16H24ClN3O. The second-order valence-corrected chi connectivity index (χ2v) is 7.01. The molecule has 5 heteroatoms. The number of nitrogens with zero attached hydrogens (tertiary/aromatic N) is 1. The fourth-order valence-corrected chi connectivity index (χ4v) is 2.87. The van der Waals surface area contributed by atoms with Gasteiger partial charge in [0.15, 0.2) is 0 Å². The van der Waals surface area contributed by atoms with Crippen molar-refractivity contribution < 1.29 is 4.79 Å². The lowest BCUT2D eigenvalue weighted by atomic mass is 9.80. The monoisotopic (exact) mass is 309 g/mol. The first-order valence-electron chi connectivity index (χ1n) is 7.32. The Morgan fingerprint density at radius 3 is 2.86 bits per heavy atom. The molecule has 1 amide bonds. The van der Waals surface area contributed by atoms with Crippen LogP contribution in [-0.4, -0.2) is 36.5 Å². The number of carbonyl (C=O) groups excluding carboxylic acids is 1. The van der Waals surface area contributed by atoms with Gasteiger partial charge in [-0.3, -0.25) is 9.69 Å². The Balaban J connectivity index is 1.91. The molecule has 1 aromatic carbocycles. The molecule has 0 spiro atoms. The standard InChI is InChI=1S/C16H24ClN3O/c1-11-4-5-12(8-13(11)17)19-15(21)9-20-7-6-14(18)16(2,3)10-20/h4-5,8,14H,6-7,9-10,18H2,1-3H3,(H,19,21). The van der Waals surface area contributed by atoms with Crippen LogP contribution in [0.25, 0.3) is 0 Å². The summed E-state index contributed by atoms with van der Waals surface area (Å²) in [6.07, 6.45) is 0.927. The molecule has 1 aromatic rings. The molecule has 1 saturated heterocycles. The summed E-state index contributed by atoms with van der Waals surface area (Å²) in [5.41, 5.74) is 7.91. The molecule has 1 fully saturated rings. The second-order valence-electron chi connectivity index (χ2n) is 6.61. The van der Waals surface area contributed by atoms with Gasteiger partial charge in [0.1, 0.15) is 0 Å². The normalized spacial score (nSPS) is 22.0. The molecule has 0 saturated carbocycles. The third kappa shape index (κ3) is 4.19. The SMILES string of the molecule is Cc1ccc(NC(=O)CN2CCC(N)C(C)(C)C2)cc1Cl. The van der Waals surface area contributed by atoms with E-state index in [0.29, 0.717) is 11.6 Å². The van der Waals surface area contributed by atoms with Gasteiger partial charge in [-0.2, -0.15) is 0 Å². The van der Waals surface area contributed by atoms with Gasteiger partial charge in [0.25, 0.3) is 0 Å². The number of nitrogens with one attached hydrogen (secondary N) is 1. The molecule has 4 nitrogen and oxygen atoms in total. The number of aryl methyl sites for hydroxylation is 1. The molecule has 1 aliphatic rings. The predicted molar refractivity (Wildman–Crippen MR) is 87.6 cm³/mol. The average molecular weight is 310 g/mol. The van der Waals surface area contributed by atoms with Crippen molar-refractivity contribution in [1.29, 1.82) is 0 Å². The molecule has 0 radical (unpaired) electrons. The van der Waals surface area contributed by atoms with E-state index in [-0.39, 0.29) is 17.4 Å². The van der Waals surface area contributed by atoms with Crippen LogP contribution in [0.1, 0.15) is 25.8 Å². The van der Waals surface area contributed by atoms with Crippen molar-refractivity contribution in [3.05, 3.63) is 28.8 Å².